The van der Waals surface area contributed by atoms with E-state index >= 15 is 0 Å². The number of carbonyl (C=O) groups excluding carboxylic acids is 2. The van der Waals surface area contributed by atoms with E-state index in [1.54, 1.807) is 0 Å². The molecule has 6 fully saturated rings. The van der Waals surface area contributed by atoms with Gasteiger partial charge in [0.1, 0.15) is 11.7 Å². The zero-order chi connectivity index (χ0) is 49.0. The Morgan fingerprint density at radius 3 is 2.46 bits per heavy atom. The summed E-state index contributed by atoms with van der Waals surface area (Å²) in [6, 6.07) is 9.09. The van der Waals surface area contributed by atoms with Crippen molar-refractivity contribution in [2.24, 2.45) is 69.3 Å². The van der Waals surface area contributed by atoms with E-state index in [4.69, 9.17) is 15.2 Å². The molecule has 1 aromatic rings. The molecule has 0 radical (unpaired) electrons. The molecule has 69 heavy (non-hydrogen) atoms. The smallest absolute Gasteiger partial charge is 0.306 e. The van der Waals surface area contributed by atoms with Crippen molar-refractivity contribution in [3.05, 3.63) is 52.6 Å². The topological polar surface area (TPSA) is 160 Å². The molecule has 378 valence electrons. The molecule has 8 aliphatic carbocycles. The number of aliphatic hydroxyl groups excluding tert-OH is 1. The highest BCUT2D eigenvalue weighted by atomic mass is 16.5. The number of nitrogens with two attached hydrogens (primary N) is 1. The van der Waals surface area contributed by atoms with Crippen molar-refractivity contribution in [2.75, 3.05) is 31.6 Å². The second-order valence-corrected chi connectivity index (χ2v) is 24.3. The molecule has 2 unspecified atom stereocenters. The molecule has 0 aromatic heterocycles. The predicted octanol–water partition coefficient (Wildman–Crippen LogP) is 9.94. The van der Waals surface area contributed by atoms with Gasteiger partial charge in [-0.25, -0.2) is 0 Å². The molecular weight excluding hydrogens is 865 g/mol. The highest BCUT2D eigenvalue weighted by Crippen LogP contribution is 2.70. The third-order valence-electron chi connectivity index (χ3n) is 21.1. The summed E-state index contributed by atoms with van der Waals surface area (Å²) in [4.78, 5) is 40.0. The van der Waals surface area contributed by atoms with Gasteiger partial charge < -0.3 is 35.4 Å². The van der Waals surface area contributed by atoms with E-state index in [-0.39, 0.29) is 82.1 Å². The number of rotatable bonds is 15. The highest BCUT2D eigenvalue weighted by molar-refractivity contribution is 5.93. The number of benzene rings is 1. The van der Waals surface area contributed by atoms with Gasteiger partial charge in [-0.2, -0.15) is 0 Å². The van der Waals surface area contributed by atoms with Crippen LogP contribution >= 0.6 is 0 Å². The number of likely N-dealkylation sites (N-methyl/N-ethyl adjacent to an activating group) is 1. The summed E-state index contributed by atoms with van der Waals surface area (Å²) in [7, 11) is 2.14. The van der Waals surface area contributed by atoms with Crippen LogP contribution in [0.5, 0.6) is 0 Å². The van der Waals surface area contributed by atoms with Crippen LogP contribution in [0.1, 0.15) is 168 Å². The average Bonchev–Trinajstić information content (AvgIpc) is 3.81. The lowest BCUT2D eigenvalue weighted by atomic mass is 9.43. The molecule has 5 N–H and O–H groups in total. The molecule has 0 spiro atoms. The molecule has 8 aliphatic rings. The third-order valence-corrected chi connectivity index (χ3v) is 21.1. The zero-order valence-corrected chi connectivity index (χ0v) is 42.8. The number of anilines is 1. The molecule has 10 nitrogen and oxygen atoms in total. The number of carbonyl (C=O) groups is 3. The Morgan fingerprint density at radius 1 is 0.942 bits per heavy atom. The van der Waals surface area contributed by atoms with Gasteiger partial charge in [0.25, 0.3) is 0 Å². The Balaban J connectivity index is 0.873. The summed E-state index contributed by atoms with van der Waals surface area (Å²) in [6.45, 7) is 12.9. The first-order valence-electron chi connectivity index (χ1n) is 27.3. The number of hydrogen-bond acceptors (Lipinski definition) is 9. The summed E-state index contributed by atoms with van der Waals surface area (Å²) in [5.41, 5.74) is 10.7. The lowest BCUT2D eigenvalue weighted by Crippen LogP contribution is -2.63. The van der Waals surface area contributed by atoms with Gasteiger partial charge in [0.05, 0.1) is 18.8 Å². The molecule has 16 atom stereocenters. The summed E-state index contributed by atoms with van der Waals surface area (Å²) < 4.78 is 13.4. The van der Waals surface area contributed by atoms with Crippen molar-refractivity contribution in [3.8, 4) is 11.8 Å². The Labute approximate surface area is 413 Å². The second-order valence-electron chi connectivity index (χ2n) is 24.3. The first kappa shape index (κ1) is 50.5. The monoisotopic (exact) mass is 949 g/mol. The highest BCUT2D eigenvalue weighted by Gasteiger charge is 2.67. The number of aliphatic carboxylic acids is 1. The Bertz CT molecular complexity index is 2230. The van der Waals surface area contributed by atoms with Crippen molar-refractivity contribution in [1.82, 2.24) is 0 Å². The minimum Gasteiger partial charge on any atom is -0.481 e. The van der Waals surface area contributed by atoms with E-state index in [9.17, 15) is 29.7 Å². The van der Waals surface area contributed by atoms with Crippen LogP contribution in [-0.2, 0) is 23.9 Å². The van der Waals surface area contributed by atoms with E-state index in [1.807, 2.05) is 13.0 Å². The molecule has 9 rings (SSSR count). The molecule has 6 saturated carbocycles. The summed E-state index contributed by atoms with van der Waals surface area (Å²) in [5.74, 6) is 7.98. The van der Waals surface area contributed by atoms with Crippen molar-refractivity contribution in [1.29, 1.82) is 0 Å². The van der Waals surface area contributed by atoms with Gasteiger partial charge >= 0.3 is 11.9 Å². The van der Waals surface area contributed by atoms with Crippen LogP contribution in [0, 0.1) is 75.4 Å². The van der Waals surface area contributed by atoms with Crippen molar-refractivity contribution >= 4 is 23.4 Å². The second kappa shape index (κ2) is 19.8. The van der Waals surface area contributed by atoms with Gasteiger partial charge in [0, 0.05) is 55.8 Å². The number of unbranched alkanes of at least 4 members (excludes halogenated alkanes) is 1. The van der Waals surface area contributed by atoms with E-state index in [1.165, 1.54) is 22.3 Å². The molecule has 1 aromatic carbocycles. The van der Waals surface area contributed by atoms with Gasteiger partial charge in [-0.3, -0.25) is 14.4 Å². The summed E-state index contributed by atoms with van der Waals surface area (Å²) >= 11 is 0. The Kier molecular flexibility index (Phi) is 14.5. The number of ether oxygens (including phenoxy) is 2. The molecule has 0 aliphatic heterocycles. The summed E-state index contributed by atoms with van der Waals surface area (Å²) in [5, 5.41) is 33.9. The van der Waals surface area contributed by atoms with Crippen LogP contribution in [0.15, 0.2) is 47.1 Å². The standard InChI is InChI=1S/C59H84N2O8/c1-7-25-59(67)27-24-47-44-18-14-38-31-41(62)17-19-43(38)54(44)45(35-57(47,59)4)37-12-15-40(16-13-37)61(6)29-30-68-42-23-26-56(3)39(32-42)33-50(69-53(66)10-8-9-28-60)55-48-21-20-46(36(2)11-22-52(64)65)58(48,5)51(63)34-49(55)56/h12-13,15-16,31,36,39,42,44-51,55,63,67H,8-11,14,17-24,26-30,32-35,60H2,1-6H3,(H,64,65)/t36-,39+,42+,44?,45-,46-,47?,48+,49+,50-,51+,55+,56+,57+,58-,59+/m1/s1. The predicted molar refractivity (Wildman–Crippen MR) is 269 cm³/mol. The van der Waals surface area contributed by atoms with Crippen LogP contribution in [0.2, 0.25) is 0 Å². The maximum absolute atomic E-state index is 13.5. The molecular formula is C59H84N2O8. The fourth-order valence-electron chi connectivity index (χ4n) is 17.4. The first-order valence-corrected chi connectivity index (χ1v) is 27.3. The van der Waals surface area contributed by atoms with E-state index in [0.29, 0.717) is 63.0 Å². The lowest BCUT2D eigenvalue weighted by molar-refractivity contribution is -0.219. The number of nitrogens with zero attached hydrogens (tertiary/aromatic N) is 1. The van der Waals surface area contributed by atoms with Gasteiger partial charge in [-0.15, -0.1) is 5.92 Å². The molecule has 0 saturated heterocycles. The molecule has 0 amide bonds. The normalized spacial score (nSPS) is 40.4. The number of carboxylic acids is 1. The molecule has 0 bridgehead atoms. The SMILES string of the molecule is CC#C[C@]1(O)CCC2C3CCC4=CC(=O)CCC4=C3[C@@H](c3ccc(N(C)CCO[C@H]4CC[C@@]5(C)[C@@H](C4)C[C@@H](OC(=O)CCCCN)[C@@H]4[C@@H]5C[C@H](O)[C@]5(C)[C@@H]([C@H](C)CCC(=O)O)CC[C@@H]45)cc3)C[C@@]21C. The van der Waals surface area contributed by atoms with Gasteiger partial charge in [0.15, 0.2) is 5.78 Å². The number of aliphatic hydroxyl groups is 2. The molecule has 0 heterocycles. The fourth-order valence-corrected chi connectivity index (χ4v) is 17.4. The van der Waals surface area contributed by atoms with Crippen LogP contribution in [0.4, 0.5) is 5.69 Å². The maximum atomic E-state index is 13.5. The Hall–Kier alpha value is -3.49. The number of allylic oxidation sites excluding steroid dienone is 4. The number of ketones is 1. The van der Waals surface area contributed by atoms with E-state index < -0.39 is 17.7 Å². The van der Waals surface area contributed by atoms with Gasteiger partial charge in [0.2, 0.25) is 0 Å². The fraction of sp³-hybridized carbons (Fsp3) is 0.746. The maximum Gasteiger partial charge on any atom is 0.306 e. The number of esters is 1. The zero-order valence-electron chi connectivity index (χ0n) is 42.8. The van der Waals surface area contributed by atoms with Gasteiger partial charge in [-0.1, -0.05) is 51.3 Å². The average molecular weight is 949 g/mol. The van der Waals surface area contributed by atoms with Crippen LogP contribution < -0.4 is 10.6 Å². The lowest BCUT2D eigenvalue weighted by Gasteiger charge is -2.64. The largest absolute Gasteiger partial charge is 0.481 e. The minimum absolute atomic E-state index is 0.00194. The van der Waals surface area contributed by atoms with Crippen LogP contribution in [0.25, 0.3) is 0 Å². The Morgan fingerprint density at radius 2 is 1.72 bits per heavy atom. The molecule has 10 heteroatoms. The van der Waals surface area contributed by atoms with Crippen molar-refractivity contribution in [2.45, 2.75) is 186 Å². The minimum atomic E-state index is -1.000. The number of hydrogen-bond donors (Lipinski definition) is 4. The van der Waals surface area contributed by atoms with Crippen LogP contribution in [-0.4, -0.2) is 83.7 Å². The quantitative estimate of drug-likeness (QED) is 0.0758. The van der Waals surface area contributed by atoms with Crippen molar-refractivity contribution < 1.29 is 39.2 Å². The summed E-state index contributed by atoms with van der Waals surface area (Å²) in [6.07, 6.45) is 16.2. The van der Waals surface area contributed by atoms with Crippen LogP contribution in [0.3, 0.4) is 0 Å². The van der Waals surface area contributed by atoms with E-state index in [2.05, 4.69) is 75.7 Å². The third kappa shape index (κ3) is 8.98. The first-order chi connectivity index (χ1) is 32.9. The number of fused-ring (bicyclic) bond motifs is 9. The number of carboxylic acid groups (broad SMARTS) is 1. The van der Waals surface area contributed by atoms with Gasteiger partial charge in [-0.05, 0) is 203 Å². The van der Waals surface area contributed by atoms with E-state index in [0.717, 1.165) is 95.7 Å². The van der Waals surface area contributed by atoms with Crippen molar-refractivity contribution in [3.63, 3.8) is 0 Å².